The third-order valence-electron chi connectivity index (χ3n) is 14.2. The molecule has 63 heavy (non-hydrogen) atoms. The van der Waals surface area contributed by atoms with E-state index in [1.165, 1.54) is 70.4 Å². The maximum atomic E-state index is 10.5. The van der Waals surface area contributed by atoms with E-state index in [9.17, 15) is 15.4 Å². The Morgan fingerprint density at radius 3 is 1.44 bits per heavy atom. The molecule has 0 unspecified atom stereocenters. The van der Waals surface area contributed by atoms with Gasteiger partial charge in [0, 0.05) is 31.2 Å². The topological polar surface area (TPSA) is 82.4 Å². The first kappa shape index (κ1) is 42.7. The number of hydrogen-bond acceptors (Lipinski definition) is 6. The summed E-state index contributed by atoms with van der Waals surface area (Å²) in [5.41, 5.74) is 10.5. The van der Waals surface area contributed by atoms with Gasteiger partial charge in [-0.05, 0) is 156 Å². The molecule has 0 radical (unpaired) electrons. The third-order valence-corrected chi connectivity index (χ3v) is 14.2. The monoisotopic (exact) mass is 843 g/mol. The zero-order valence-corrected chi connectivity index (χ0v) is 36.5. The average molecular weight is 844 g/mol. The Morgan fingerprint density at radius 2 is 0.968 bits per heavy atom. The van der Waals surface area contributed by atoms with E-state index in [-0.39, 0.29) is 16.5 Å². The molecule has 6 aromatic rings. The Hall–Kier alpha value is -5.60. The molecule has 3 N–H and O–H groups in total. The van der Waals surface area contributed by atoms with Gasteiger partial charge in [0.05, 0.1) is 0 Å². The average Bonchev–Trinajstić information content (AvgIpc) is 4.02. The number of rotatable bonds is 12. The number of fused-ring (bicyclic) bond motifs is 2. The van der Waals surface area contributed by atoms with Crippen molar-refractivity contribution in [2.75, 3.05) is 52.5 Å². The van der Waals surface area contributed by atoms with Crippen LogP contribution in [-0.2, 0) is 12.8 Å². The largest absolute Gasteiger partial charge is 0.508 e. The van der Waals surface area contributed by atoms with Crippen LogP contribution in [0.2, 0.25) is 0 Å². The van der Waals surface area contributed by atoms with Crippen LogP contribution in [0.1, 0.15) is 107 Å². The summed E-state index contributed by atoms with van der Waals surface area (Å²) in [6.07, 6.45) is 8.93. The number of likely N-dealkylation sites (tertiary alicyclic amines) is 2. The molecule has 2 aliphatic carbocycles. The Balaban J connectivity index is 0.000000160. The van der Waals surface area contributed by atoms with Gasteiger partial charge >= 0.3 is 0 Å². The standard InChI is InChI=1S/C28H31NO3.C28H31NO2/c30-24-11-15-27-23(20-24)10-14-26(21-6-2-1-3-7-21)28(27)22-8-12-25(13-9-22)32-19-18-29(31)16-4-5-17-29;30-24-11-15-27-23(20-24)10-14-26(21-6-2-1-3-7-21)28(27)22-8-12-25(13-9-22)31-19-18-29-16-4-5-17-29/h1-3,6-9,11-13,15,20,26,28,31H,4-5,10,14,16-19H2;1-3,6-9,11-13,15,20,26,28,30H,4-5,10,14,16-19H2/p+1/t2*26-,28+/m11/s1. The molecule has 6 aromatic carbocycles. The summed E-state index contributed by atoms with van der Waals surface area (Å²) >= 11 is 0. The molecule has 4 aliphatic rings. The minimum absolute atomic E-state index is 0.141. The van der Waals surface area contributed by atoms with E-state index < -0.39 is 0 Å². The minimum Gasteiger partial charge on any atom is -0.508 e. The SMILES string of the molecule is Oc1ccc2c(c1)CC[C@H](c1ccccc1)[C@@H]2c1ccc(OCCN2CCCC2)cc1.Oc1ccc2c(c1)CC[C@H](c1ccccc1)[C@@H]2c1ccc(OCC[N+]2(O)CCCC2)cc1. The molecule has 2 aliphatic heterocycles. The van der Waals surface area contributed by atoms with E-state index in [0.717, 1.165) is 76.3 Å². The van der Waals surface area contributed by atoms with Gasteiger partial charge in [0.2, 0.25) is 0 Å². The molecule has 2 saturated heterocycles. The zero-order chi connectivity index (χ0) is 43.0. The summed E-state index contributed by atoms with van der Waals surface area (Å²) < 4.78 is 12.1. The lowest BCUT2D eigenvalue weighted by molar-refractivity contribution is -1.09. The fourth-order valence-corrected chi connectivity index (χ4v) is 10.9. The summed E-state index contributed by atoms with van der Waals surface area (Å²) in [5, 5.41) is 30.5. The van der Waals surface area contributed by atoms with Gasteiger partial charge in [-0.25, -0.2) is 5.21 Å². The minimum atomic E-state index is 0.141. The highest BCUT2D eigenvalue weighted by Gasteiger charge is 2.34. The highest BCUT2D eigenvalue weighted by atomic mass is 16.6. The van der Waals surface area contributed by atoms with Gasteiger partial charge < -0.3 is 19.7 Å². The van der Waals surface area contributed by atoms with Crippen LogP contribution in [0.4, 0.5) is 0 Å². The van der Waals surface area contributed by atoms with Crippen molar-refractivity contribution in [3.8, 4) is 23.0 Å². The highest BCUT2D eigenvalue weighted by molar-refractivity contribution is 5.50. The number of benzene rings is 6. The first-order valence-electron chi connectivity index (χ1n) is 23.4. The lowest BCUT2D eigenvalue weighted by Gasteiger charge is -2.35. The number of hydrogen-bond donors (Lipinski definition) is 3. The van der Waals surface area contributed by atoms with Crippen molar-refractivity contribution < 1.29 is 29.5 Å². The first-order valence-corrected chi connectivity index (χ1v) is 23.4. The summed E-state index contributed by atoms with van der Waals surface area (Å²) in [5.74, 6) is 3.84. The third kappa shape index (κ3) is 10.3. The lowest BCUT2D eigenvalue weighted by Crippen LogP contribution is -2.44. The van der Waals surface area contributed by atoms with Crippen LogP contribution in [0.25, 0.3) is 0 Å². The number of phenolic OH excluding ortho intramolecular Hbond substituents is 2. The van der Waals surface area contributed by atoms with Gasteiger partial charge in [0.1, 0.15) is 55.8 Å². The van der Waals surface area contributed by atoms with Gasteiger partial charge in [-0.2, -0.15) is 4.65 Å². The predicted octanol–water partition coefficient (Wildman–Crippen LogP) is 11.4. The number of ether oxygens (including phenoxy) is 2. The van der Waals surface area contributed by atoms with Crippen molar-refractivity contribution in [2.24, 2.45) is 0 Å². The van der Waals surface area contributed by atoms with Gasteiger partial charge in [0.15, 0.2) is 0 Å². The van der Waals surface area contributed by atoms with Gasteiger partial charge in [-0.3, -0.25) is 4.90 Å². The van der Waals surface area contributed by atoms with Gasteiger partial charge in [-0.1, -0.05) is 97.1 Å². The molecule has 0 aromatic heterocycles. The normalized spacial score (nSPS) is 21.4. The first-order chi connectivity index (χ1) is 30.9. The smallest absolute Gasteiger partial charge is 0.143 e. The van der Waals surface area contributed by atoms with Crippen molar-refractivity contribution in [2.45, 2.75) is 75.0 Å². The van der Waals surface area contributed by atoms with Crippen LogP contribution in [0.15, 0.2) is 146 Å². The Labute approximate surface area is 373 Å². The summed E-state index contributed by atoms with van der Waals surface area (Å²) in [6, 6.07) is 50.5. The number of aromatic hydroxyl groups is 2. The predicted molar refractivity (Wildman–Crippen MR) is 250 cm³/mol. The van der Waals surface area contributed by atoms with Gasteiger partial charge in [0.25, 0.3) is 0 Å². The second-order valence-electron chi connectivity index (χ2n) is 18.2. The number of phenols is 2. The molecular formula is C56H63N2O5+. The Morgan fingerprint density at radius 1 is 0.508 bits per heavy atom. The molecule has 4 atom stereocenters. The molecule has 7 heteroatoms. The van der Waals surface area contributed by atoms with Crippen molar-refractivity contribution in [1.29, 1.82) is 0 Å². The molecule has 0 spiro atoms. The molecule has 0 amide bonds. The fourth-order valence-electron chi connectivity index (χ4n) is 10.9. The van der Waals surface area contributed by atoms with Crippen molar-refractivity contribution in [3.63, 3.8) is 0 Å². The van der Waals surface area contributed by atoms with Crippen molar-refractivity contribution >= 4 is 0 Å². The molecule has 326 valence electrons. The number of hydroxylamine groups is 3. The molecule has 10 rings (SSSR count). The van der Waals surface area contributed by atoms with Crippen LogP contribution < -0.4 is 9.47 Å². The quantitative estimate of drug-likeness (QED) is 0.106. The van der Waals surface area contributed by atoms with E-state index in [0.29, 0.717) is 36.5 Å². The number of aryl methyl sites for hydroxylation is 2. The van der Waals surface area contributed by atoms with Crippen LogP contribution in [0.3, 0.4) is 0 Å². The summed E-state index contributed by atoms with van der Waals surface area (Å²) in [4.78, 5) is 2.48. The second-order valence-corrected chi connectivity index (χ2v) is 18.2. The van der Waals surface area contributed by atoms with Crippen LogP contribution >= 0.6 is 0 Å². The van der Waals surface area contributed by atoms with E-state index in [1.54, 1.807) is 0 Å². The van der Waals surface area contributed by atoms with Crippen LogP contribution in [0, 0.1) is 0 Å². The second kappa shape index (κ2) is 19.8. The van der Waals surface area contributed by atoms with E-state index in [4.69, 9.17) is 9.47 Å². The van der Waals surface area contributed by atoms with Crippen molar-refractivity contribution in [1.82, 2.24) is 4.90 Å². The van der Waals surface area contributed by atoms with Crippen molar-refractivity contribution in [3.05, 3.63) is 190 Å². The van der Waals surface area contributed by atoms with Crippen LogP contribution in [-0.4, -0.2) is 77.4 Å². The summed E-state index contributed by atoms with van der Waals surface area (Å²) in [7, 11) is 0. The molecular weight excluding hydrogens is 781 g/mol. The molecule has 0 saturated carbocycles. The highest BCUT2D eigenvalue weighted by Crippen LogP contribution is 2.48. The maximum absolute atomic E-state index is 10.5. The van der Waals surface area contributed by atoms with E-state index >= 15 is 0 Å². The van der Waals surface area contributed by atoms with Crippen LogP contribution in [0.5, 0.6) is 23.0 Å². The zero-order valence-electron chi connectivity index (χ0n) is 36.5. The number of nitrogens with zero attached hydrogens (tertiary/aromatic N) is 2. The lowest BCUT2D eigenvalue weighted by atomic mass is 9.69. The maximum Gasteiger partial charge on any atom is 0.143 e. The molecule has 2 fully saturated rings. The fraction of sp³-hybridized carbons (Fsp3) is 0.357. The summed E-state index contributed by atoms with van der Waals surface area (Å²) in [6.45, 7) is 7.00. The molecule has 2 heterocycles. The molecule has 7 nitrogen and oxygen atoms in total. The van der Waals surface area contributed by atoms with E-state index in [1.807, 2.05) is 24.3 Å². The van der Waals surface area contributed by atoms with Gasteiger partial charge in [-0.15, -0.1) is 0 Å². The Kier molecular flexibility index (Phi) is 13.4. The molecule has 0 bridgehead atoms. The number of quaternary nitrogens is 1. The van der Waals surface area contributed by atoms with E-state index in [2.05, 4.69) is 126 Å². The Bertz CT molecular complexity index is 2370.